The Morgan fingerprint density at radius 3 is 0.855 bits per heavy atom. The van der Waals surface area contributed by atoms with Crippen LogP contribution in [0.25, 0.3) is 59.6 Å². The fraction of sp³-hybridized carbons (Fsp3) is 0.242. The second-order valence-electron chi connectivity index (χ2n) is 23.7. The Labute approximate surface area is 409 Å². The van der Waals surface area contributed by atoms with E-state index in [1.165, 1.54) is 81.9 Å². The molecule has 0 radical (unpaired) electrons. The van der Waals surface area contributed by atoms with Gasteiger partial charge in [-0.3, -0.25) is 0 Å². The van der Waals surface area contributed by atoms with E-state index in [4.69, 9.17) is 0 Å². The zero-order chi connectivity index (χ0) is 48.4. The highest BCUT2D eigenvalue weighted by Gasteiger charge is 2.23. The van der Waals surface area contributed by atoms with Crippen LogP contribution in [0, 0.1) is 0 Å². The predicted octanol–water partition coefficient (Wildman–Crippen LogP) is 19.3. The molecule has 0 saturated carbocycles. The Kier molecular flexibility index (Phi) is 10.1. The van der Waals surface area contributed by atoms with Crippen LogP contribution in [0.3, 0.4) is 0 Å². The summed E-state index contributed by atoms with van der Waals surface area (Å²) in [5.41, 5.74) is 16.3. The molecular weight excluding hydrogens is 835 g/mol. The standard InChI is InChI=1S/C66H65N3/c1-63(2,3)46-18-28-50(29-19-46)67(51-30-20-47(21-31-51)64(4,5)6)54-26-16-42-40-60-58(38-44(42)36-54)56-14-13-15-57-59-39-45-37-55(27-17-43(45)41-61(59)69(60)62(56)57)68(52-32-22-48(23-33-52)65(7,8)9)53-34-24-49(25-35-53)66(10,11)12/h13-41H,1-12H3. The average Bonchev–Trinajstić information content (AvgIpc) is 3.81. The fourth-order valence-corrected chi connectivity index (χ4v) is 10.6. The van der Waals surface area contributed by atoms with Gasteiger partial charge in [-0.15, -0.1) is 0 Å². The molecule has 11 aromatic rings. The van der Waals surface area contributed by atoms with Crippen LogP contribution >= 0.6 is 0 Å². The van der Waals surface area contributed by atoms with Crippen molar-refractivity contribution in [3.63, 3.8) is 0 Å². The molecule has 0 bridgehead atoms. The van der Waals surface area contributed by atoms with Crippen molar-refractivity contribution in [2.45, 2.75) is 105 Å². The molecule has 0 aliphatic heterocycles. The number of rotatable bonds is 6. The summed E-state index contributed by atoms with van der Waals surface area (Å²) in [5.74, 6) is 0. The van der Waals surface area contributed by atoms with Crippen molar-refractivity contribution in [1.29, 1.82) is 0 Å². The molecule has 0 unspecified atom stereocenters. The minimum absolute atomic E-state index is 0.0757. The van der Waals surface area contributed by atoms with Crippen molar-refractivity contribution in [2.75, 3.05) is 9.80 Å². The molecule has 9 aromatic carbocycles. The van der Waals surface area contributed by atoms with Crippen LogP contribution in [-0.2, 0) is 21.7 Å². The zero-order valence-electron chi connectivity index (χ0n) is 42.6. The van der Waals surface area contributed by atoms with Crippen LogP contribution < -0.4 is 9.80 Å². The number of benzene rings is 9. The maximum absolute atomic E-state index is 2.52. The molecule has 2 aromatic heterocycles. The quantitative estimate of drug-likeness (QED) is 0.165. The van der Waals surface area contributed by atoms with Crippen LogP contribution in [0.5, 0.6) is 0 Å². The van der Waals surface area contributed by atoms with E-state index in [1.807, 2.05) is 0 Å². The molecule has 3 nitrogen and oxygen atoms in total. The van der Waals surface area contributed by atoms with Gasteiger partial charge in [0.05, 0.1) is 16.6 Å². The van der Waals surface area contributed by atoms with Gasteiger partial charge in [-0.1, -0.05) is 162 Å². The van der Waals surface area contributed by atoms with E-state index in [9.17, 15) is 0 Å². The van der Waals surface area contributed by atoms with Gasteiger partial charge >= 0.3 is 0 Å². The lowest BCUT2D eigenvalue weighted by Gasteiger charge is -2.28. The molecule has 0 atom stereocenters. The maximum Gasteiger partial charge on any atom is 0.0620 e. The van der Waals surface area contributed by atoms with Gasteiger partial charge in [-0.25, -0.2) is 0 Å². The normalized spacial score (nSPS) is 12.9. The third kappa shape index (κ3) is 7.77. The fourth-order valence-electron chi connectivity index (χ4n) is 10.6. The van der Waals surface area contributed by atoms with Gasteiger partial charge in [0.2, 0.25) is 0 Å². The topological polar surface area (TPSA) is 10.9 Å². The average molecular weight is 900 g/mol. The van der Waals surface area contributed by atoms with Crippen LogP contribution in [0.1, 0.15) is 105 Å². The molecule has 11 rings (SSSR count). The van der Waals surface area contributed by atoms with E-state index in [0.717, 1.165) is 34.1 Å². The van der Waals surface area contributed by atoms with Gasteiger partial charge in [-0.2, -0.15) is 0 Å². The predicted molar refractivity (Wildman–Crippen MR) is 300 cm³/mol. The van der Waals surface area contributed by atoms with Gasteiger partial charge in [-0.05, 0) is 163 Å². The first kappa shape index (κ1) is 44.4. The van der Waals surface area contributed by atoms with E-state index in [0.29, 0.717) is 0 Å². The van der Waals surface area contributed by atoms with E-state index < -0.39 is 0 Å². The molecule has 0 N–H and O–H groups in total. The van der Waals surface area contributed by atoms with Gasteiger partial charge in [0.15, 0.2) is 0 Å². The van der Waals surface area contributed by atoms with Gasteiger partial charge in [0, 0.05) is 55.7 Å². The molecule has 3 heteroatoms. The van der Waals surface area contributed by atoms with Gasteiger partial charge in [0.1, 0.15) is 0 Å². The molecular formula is C66H65N3. The first-order chi connectivity index (χ1) is 32.7. The molecule has 0 amide bonds. The largest absolute Gasteiger partial charge is 0.310 e. The first-order valence-corrected chi connectivity index (χ1v) is 24.8. The Morgan fingerprint density at radius 2 is 0.565 bits per heavy atom. The van der Waals surface area contributed by atoms with Crippen molar-refractivity contribution < 1.29 is 0 Å². The summed E-state index contributed by atoms with van der Waals surface area (Å²) in [6, 6.07) is 67.0. The Morgan fingerprint density at radius 1 is 0.275 bits per heavy atom. The molecule has 0 spiro atoms. The molecule has 0 aliphatic rings. The second kappa shape index (κ2) is 15.7. The van der Waals surface area contributed by atoms with Crippen LogP contribution in [0.2, 0.25) is 0 Å². The number of fused-ring (bicyclic) bond motifs is 8. The summed E-state index contributed by atoms with van der Waals surface area (Å²) in [5, 5.41) is 10.0. The lowest BCUT2D eigenvalue weighted by Crippen LogP contribution is -2.14. The van der Waals surface area contributed by atoms with Crippen molar-refractivity contribution in [3.8, 4) is 0 Å². The third-order valence-corrected chi connectivity index (χ3v) is 14.7. The summed E-state index contributed by atoms with van der Waals surface area (Å²) in [7, 11) is 0. The zero-order valence-corrected chi connectivity index (χ0v) is 42.6. The summed E-state index contributed by atoms with van der Waals surface area (Å²) in [6.07, 6.45) is 0. The Hall–Kier alpha value is -7.10. The Balaban J connectivity index is 1.03. The van der Waals surface area contributed by atoms with Crippen molar-refractivity contribution in [1.82, 2.24) is 4.40 Å². The minimum Gasteiger partial charge on any atom is -0.310 e. The van der Waals surface area contributed by atoms with Crippen molar-refractivity contribution in [3.05, 3.63) is 198 Å². The number of anilines is 6. The lowest BCUT2D eigenvalue weighted by atomic mass is 9.86. The molecule has 0 saturated heterocycles. The maximum atomic E-state index is 2.52. The van der Waals surface area contributed by atoms with Crippen LogP contribution in [0.15, 0.2) is 176 Å². The van der Waals surface area contributed by atoms with Gasteiger partial charge in [0.25, 0.3) is 0 Å². The summed E-state index contributed by atoms with van der Waals surface area (Å²) < 4.78 is 2.52. The number of nitrogens with zero attached hydrogens (tertiary/aromatic N) is 3. The van der Waals surface area contributed by atoms with Crippen molar-refractivity contribution in [2.24, 2.45) is 0 Å². The van der Waals surface area contributed by atoms with E-state index in [2.05, 4.69) is 273 Å². The van der Waals surface area contributed by atoms with E-state index in [1.54, 1.807) is 0 Å². The Bertz CT molecular complexity index is 3350. The number of aromatic nitrogens is 1. The van der Waals surface area contributed by atoms with Crippen LogP contribution in [-0.4, -0.2) is 4.40 Å². The molecule has 0 fully saturated rings. The van der Waals surface area contributed by atoms with Crippen molar-refractivity contribution >= 4 is 93.8 Å². The third-order valence-electron chi connectivity index (χ3n) is 14.7. The number of para-hydroxylation sites is 1. The second-order valence-corrected chi connectivity index (χ2v) is 23.7. The molecule has 0 aliphatic carbocycles. The highest BCUT2D eigenvalue weighted by molar-refractivity contribution is 6.26. The van der Waals surface area contributed by atoms with E-state index >= 15 is 0 Å². The lowest BCUT2D eigenvalue weighted by molar-refractivity contribution is 0.590. The first-order valence-electron chi connectivity index (χ1n) is 24.8. The van der Waals surface area contributed by atoms with Crippen LogP contribution in [0.4, 0.5) is 34.1 Å². The highest BCUT2D eigenvalue weighted by atomic mass is 15.1. The monoisotopic (exact) mass is 900 g/mol. The molecule has 2 heterocycles. The summed E-state index contributed by atoms with van der Waals surface area (Å²) in [4.78, 5) is 4.81. The smallest absolute Gasteiger partial charge is 0.0620 e. The summed E-state index contributed by atoms with van der Waals surface area (Å²) >= 11 is 0. The minimum atomic E-state index is 0.0757. The van der Waals surface area contributed by atoms with E-state index in [-0.39, 0.29) is 21.7 Å². The SMILES string of the molecule is CC(C)(C)c1ccc(N(c2ccc(C(C)(C)C)cc2)c2ccc3cc4c(cc3c2)c2cccc3c5cc6cc(N(c7ccc(C(C)(C)C)cc7)c7ccc(C(C)(C)C)cc7)ccc6cc5n4c23)cc1. The number of hydrogen-bond donors (Lipinski definition) is 0. The summed E-state index contributed by atoms with van der Waals surface area (Å²) in [6.45, 7) is 27.3. The van der Waals surface area contributed by atoms with Gasteiger partial charge < -0.3 is 14.2 Å². The molecule has 344 valence electrons. The number of hydrogen-bond acceptors (Lipinski definition) is 2. The molecule has 69 heavy (non-hydrogen) atoms. The highest BCUT2D eigenvalue weighted by Crippen LogP contribution is 2.45.